The van der Waals surface area contributed by atoms with Gasteiger partial charge in [0.25, 0.3) is 5.92 Å². The van der Waals surface area contributed by atoms with Crippen LogP contribution in [0.15, 0.2) is 6.20 Å². The van der Waals surface area contributed by atoms with Gasteiger partial charge in [0, 0.05) is 43.5 Å². The lowest BCUT2D eigenvalue weighted by Gasteiger charge is -2.36. The predicted octanol–water partition coefficient (Wildman–Crippen LogP) is 2.83. The van der Waals surface area contributed by atoms with Gasteiger partial charge in [0.1, 0.15) is 0 Å². The molecule has 0 radical (unpaired) electrons. The van der Waals surface area contributed by atoms with Crippen molar-refractivity contribution in [3.8, 4) is 0 Å². The largest absolute Gasteiger partial charge is 0.329 e. The normalized spacial score (nSPS) is 21.5. The molecule has 0 amide bonds. The van der Waals surface area contributed by atoms with E-state index in [1.54, 1.807) is 11.3 Å². The highest BCUT2D eigenvalue weighted by Gasteiger charge is 2.36. The summed E-state index contributed by atoms with van der Waals surface area (Å²) in [6.07, 6.45) is 3.77. The molecule has 1 unspecified atom stereocenters. The molecule has 2 heterocycles. The average molecular weight is 289 g/mol. The number of aryl methyl sites for hydroxylation is 1. The van der Waals surface area contributed by atoms with Crippen molar-refractivity contribution in [2.75, 3.05) is 19.6 Å². The summed E-state index contributed by atoms with van der Waals surface area (Å²) in [5, 5.41) is 1.11. The molecule has 2 rings (SSSR count). The summed E-state index contributed by atoms with van der Waals surface area (Å²) in [4.78, 5) is 7.56. The SMILES string of the molecule is CCCc1ncc(C(CN)N2CCC(F)(F)CC2)s1. The standard InChI is InChI=1S/C13H21F2N3S/c1-2-3-12-17-9-11(19-12)10(8-16)18-6-4-13(14,15)5-7-18/h9-10H,2-8,16H2,1H3. The first-order chi connectivity index (χ1) is 9.05. The minimum atomic E-state index is -2.50. The van der Waals surface area contributed by atoms with Crippen LogP contribution in [0.5, 0.6) is 0 Å². The number of hydrogen-bond donors (Lipinski definition) is 1. The summed E-state index contributed by atoms with van der Waals surface area (Å²) in [5.74, 6) is -2.50. The number of hydrogen-bond acceptors (Lipinski definition) is 4. The summed E-state index contributed by atoms with van der Waals surface area (Å²) in [6.45, 7) is 3.40. The monoisotopic (exact) mass is 289 g/mol. The molecule has 1 aromatic rings. The molecule has 3 nitrogen and oxygen atoms in total. The molecule has 1 fully saturated rings. The lowest BCUT2D eigenvalue weighted by molar-refractivity contribution is -0.0625. The average Bonchev–Trinajstić information content (AvgIpc) is 2.81. The smallest absolute Gasteiger partial charge is 0.250 e. The molecule has 2 N–H and O–H groups in total. The highest BCUT2D eigenvalue weighted by molar-refractivity contribution is 7.11. The van der Waals surface area contributed by atoms with E-state index >= 15 is 0 Å². The molecule has 108 valence electrons. The van der Waals surface area contributed by atoms with E-state index in [0.717, 1.165) is 22.7 Å². The van der Waals surface area contributed by atoms with E-state index in [2.05, 4.69) is 16.8 Å². The molecule has 1 saturated heterocycles. The van der Waals surface area contributed by atoms with Crippen LogP contribution in [0.2, 0.25) is 0 Å². The quantitative estimate of drug-likeness (QED) is 0.906. The van der Waals surface area contributed by atoms with Crippen molar-refractivity contribution < 1.29 is 8.78 Å². The Hall–Kier alpha value is -0.590. The summed E-state index contributed by atoms with van der Waals surface area (Å²) in [5.41, 5.74) is 5.84. The Labute approximate surface area is 116 Å². The lowest BCUT2D eigenvalue weighted by atomic mass is 10.0. The zero-order valence-corrected chi connectivity index (χ0v) is 12.1. The molecule has 0 bridgehead atoms. The van der Waals surface area contributed by atoms with Crippen molar-refractivity contribution in [1.82, 2.24) is 9.88 Å². The van der Waals surface area contributed by atoms with Crippen molar-refractivity contribution in [3.05, 3.63) is 16.1 Å². The minimum absolute atomic E-state index is 0.0409. The molecule has 0 spiro atoms. The number of aromatic nitrogens is 1. The molecular formula is C13H21F2N3S. The van der Waals surface area contributed by atoms with E-state index in [0.29, 0.717) is 19.6 Å². The topological polar surface area (TPSA) is 42.1 Å². The van der Waals surface area contributed by atoms with Crippen LogP contribution in [0.25, 0.3) is 0 Å². The third-order valence-electron chi connectivity index (χ3n) is 3.56. The molecule has 1 aliphatic rings. The fraction of sp³-hybridized carbons (Fsp3) is 0.769. The molecule has 1 aromatic heterocycles. The number of thiazole rings is 1. The van der Waals surface area contributed by atoms with Gasteiger partial charge in [-0.2, -0.15) is 0 Å². The predicted molar refractivity (Wildman–Crippen MR) is 73.7 cm³/mol. The third-order valence-corrected chi connectivity index (χ3v) is 4.72. The van der Waals surface area contributed by atoms with Crippen LogP contribution >= 0.6 is 11.3 Å². The van der Waals surface area contributed by atoms with E-state index in [4.69, 9.17) is 5.73 Å². The Bertz CT molecular complexity index is 398. The maximum absolute atomic E-state index is 13.2. The molecule has 1 atom stereocenters. The van der Waals surface area contributed by atoms with E-state index in [1.807, 2.05) is 6.20 Å². The Balaban J connectivity index is 2.03. The first-order valence-corrected chi connectivity index (χ1v) is 7.64. The first kappa shape index (κ1) is 14.8. The molecule has 19 heavy (non-hydrogen) atoms. The molecule has 0 saturated carbocycles. The molecule has 0 aliphatic carbocycles. The number of piperidine rings is 1. The van der Waals surface area contributed by atoms with Gasteiger partial charge in [-0.15, -0.1) is 11.3 Å². The van der Waals surface area contributed by atoms with Crippen LogP contribution in [0.4, 0.5) is 8.78 Å². The summed E-state index contributed by atoms with van der Waals surface area (Å²) in [6, 6.07) is 0.0409. The van der Waals surface area contributed by atoms with Crippen molar-refractivity contribution in [2.24, 2.45) is 5.73 Å². The van der Waals surface area contributed by atoms with Gasteiger partial charge in [0.05, 0.1) is 11.0 Å². The second-order valence-electron chi connectivity index (χ2n) is 5.05. The van der Waals surface area contributed by atoms with E-state index in [-0.39, 0.29) is 18.9 Å². The lowest BCUT2D eigenvalue weighted by Crippen LogP contribution is -2.43. The maximum atomic E-state index is 13.2. The van der Waals surface area contributed by atoms with Crippen molar-refractivity contribution >= 4 is 11.3 Å². The minimum Gasteiger partial charge on any atom is -0.329 e. The fourth-order valence-electron chi connectivity index (χ4n) is 2.42. The summed E-state index contributed by atoms with van der Waals surface area (Å²) < 4.78 is 26.4. The van der Waals surface area contributed by atoms with Gasteiger partial charge >= 0.3 is 0 Å². The van der Waals surface area contributed by atoms with E-state index < -0.39 is 5.92 Å². The highest BCUT2D eigenvalue weighted by Crippen LogP contribution is 2.33. The Kier molecular flexibility index (Phi) is 4.86. The van der Waals surface area contributed by atoms with Crippen molar-refractivity contribution in [3.63, 3.8) is 0 Å². The second kappa shape index (κ2) is 6.24. The Morgan fingerprint density at radius 2 is 2.16 bits per heavy atom. The number of likely N-dealkylation sites (tertiary alicyclic amines) is 1. The number of nitrogens with two attached hydrogens (primary N) is 1. The molecule has 6 heteroatoms. The number of rotatable bonds is 5. The van der Waals surface area contributed by atoms with Gasteiger partial charge in [0.15, 0.2) is 0 Å². The van der Waals surface area contributed by atoms with Gasteiger partial charge in [-0.05, 0) is 12.8 Å². The zero-order valence-electron chi connectivity index (χ0n) is 11.2. The maximum Gasteiger partial charge on any atom is 0.250 e. The fourth-order valence-corrected chi connectivity index (χ4v) is 3.59. The Morgan fingerprint density at radius 3 is 2.74 bits per heavy atom. The van der Waals surface area contributed by atoms with E-state index in [1.165, 1.54) is 0 Å². The molecule has 1 aliphatic heterocycles. The number of alkyl halides is 2. The highest BCUT2D eigenvalue weighted by atomic mass is 32.1. The summed E-state index contributed by atoms with van der Waals surface area (Å²) >= 11 is 1.66. The van der Waals surface area contributed by atoms with Gasteiger partial charge in [0.2, 0.25) is 0 Å². The van der Waals surface area contributed by atoms with E-state index in [9.17, 15) is 8.78 Å². The van der Waals surface area contributed by atoms with Crippen LogP contribution < -0.4 is 5.73 Å². The number of nitrogens with zero attached hydrogens (tertiary/aromatic N) is 2. The first-order valence-electron chi connectivity index (χ1n) is 6.82. The van der Waals surface area contributed by atoms with Crippen molar-refractivity contribution in [1.29, 1.82) is 0 Å². The van der Waals surface area contributed by atoms with Gasteiger partial charge in [-0.1, -0.05) is 6.92 Å². The van der Waals surface area contributed by atoms with Gasteiger partial charge < -0.3 is 5.73 Å². The van der Waals surface area contributed by atoms with Crippen LogP contribution in [0.3, 0.4) is 0 Å². The third kappa shape index (κ3) is 3.70. The van der Waals surface area contributed by atoms with Crippen LogP contribution in [0, 0.1) is 0 Å². The van der Waals surface area contributed by atoms with Crippen LogP contribution in [0.1, 0.15) is 42.1 Å². The van der Waals surface area contributed by atoms with Crippen LogP contribution in [-0.4, -0.2) is 35.4 Å². The zero-order chi connectivity index (χ0) is 13.9. The summed E-state index contributed by atoms with van der Waals surface area (Å²) in [7, 11) is 0. The second-order valence-corrected chi connectivity index (χ2v) is 6.20. The molecular weight excluding hydrogens is 268 g/mol. The van der Waals surface area contributed by atoms with Gasteiger partial charge in [-0.3, -0.25) is 4.90 Å². The van der Waals surface area contributed by atoms with Gasteiger partial charge in [-0.25, -0.2) is 13.8 Å². The molecule has 0 aromatic carbocycles. The number of halogens is 2. The van der Waals surface area contributed by atoms with Crippen molar-refractivity contribution in [2.45, 2.75) is 44.6 Å². The Morgan fingerprint density at radius 1 is 1.47 bits per heavy atom. The van der Waals surface area contributed by atoms with Crippen LogP contribution in [-0.2, 0) is 6.42 Å².